The first-order valence-electron chi connectivity index (χ1n) is 6.10. The lowest BCUT2D eigenvalue weighted by Crippen LogP contribution is -2.40. The summed E-state index contributed by atoms with van der Waals surface area (Å²) in [5, 5.41) is 12.6. The van der Waals surface area contributed by atoms with E-state index in [1.54, 1.807) is 6.92 Å². The Morgan fingerprint density at radius 3 is 2.69 bits per heavy atom. The molecule has 1 aliphatic rings. The maximum atomic E-state index is 11.6. The van der Waals surface area contributed by atoms with Crippen LogP contribution in [0.4, 0.5) is 0 Å². The number of rotatable bonds is 5. The molecular formula is C12H23NO2S. The summed E-state index contributed by atoms with van der Waals surface area (Å²) in [6.07, 6.45) is 3.60. The van der Waals surface area contributed by atoms with Gasteiger partial charge in [-0.2, -0.15) is 11.8 Å². The smallest absolute Gasteiger partial charge is 0.220 e. The molecule has 1 atom stereocenters. The third kappa shape index (κ3) is 5.21. The number of nitrogens with one attached hydrogen (secondary N) is 1. The Balaban J connectivity index is 2.19. The molecule has 1 heterocycles. The van der Waals surface area contributed by atoms with Gasteiger partial charge in [0.15, 0.2) is 0 Å². The normalized spacial score (nSPS) is 21.4. The number of carbonyl (C=O) groups is 1. The fourth-order valence-corrected chi connectivity index (χ4v) is 2.90. The summed E-state index contributed by atoms with van der Waals surface area (Å²) in [6.45, 7) is 4.04. The molecule has 0 spiro atoms. The minimum Gasteiger partial charge on any atom is -0.388 e. The maximum Gasteiger partial charge on any atom is 0.220 e. The number of amides is 1. The van der Waals surface area contributed by atoms with E-state index in [0.717, 1.165) is 12.8 Å². The second-order valence-electron chi connectivity index (χ2n) is 4.89. The van der Waals surface area contributed by atoms with Crippen molar-refractivity contribution in [3.8, 4) is 0 Å². The van der Waals surface area contributed by atoms with E-state index in [4.69, 9.17) is 0 Å². The molecule has 3 nitrogen and oxygen atoms in total. The lowest BCUT2D eigenvalue weighted by atomic mass is 9.98. The summed E-state index contributed by atoms with van der Waals surface area (Å²) >= 11 is 1.98. The topological polar surface area (TPSA) is 49.3 Å². The van der Waals surface area contributed by atoms with Gasteiger partial charge in [0.2, 0.25) is 5.91 Å². The Morgan fingerprint density at radius 2 is 2.12 bits per heavy atom. The Labute approximate surface area is 102 Å². The molecular weight excluding hydrogens is 222 g/mol. The first-order chi connectivity index (χ1) is 7.53. The van der Waals surface area contributed by atoms with Crippen LogP contribution in [0.25, 0.3) is 0 Å². The van der Waals surface area contributed by atoms with Crippen molar-refractivity contribution in [3.63, 3.8) is 0 Å². The Morgan fingerprint density at radius 1 is 1.50 bits per heavy atom. The van der Waals surface area contributed by atoms with E-state index >= 15 is 0 Å². The fourth-order valence-electron chi connectivity index (χ4n) is 1.70. The van der Waals surface area contributed by atoms with E-state index in [0.29, 0.717) is 25.3 Å². The van der Waals surface area contributed by atoms with Crippen LogP contribution >= 0.6 is 11.8 Å². The lowest BCUT2D eigenvalue weighted by molar-refractivity contribution is -0.123. The van der Waals surface area contributed by atoms with Crippen molar-refractivity contribution in [2.24, 2.45) is 5.92 Å². The molecule has 0 aromatic heterocycles. The first-order valence-corrected chi connectivity index (χ1v) is 7.26. The summed E-state index contributed by atoms with van der Waals surface area (Å²) < 4.78 is 0. The highest BCUT2D eigenvalue weighted by Gasteiger charge is 2.21. The number of hydrogen-bond acceptors (Lipinski definition) is 3. The van der Waals surface area contributed by atoms with Crippen LogP contribution in [-0.2, 0) is 4.79 Å². The SMILES string of the molecule is CCC(C)(O)CNC(=O)CC1CCSCC1. The summed E-state index contributed by atoms with van der Waals surface area (Å²) in [5.74, 6) is 3.01. The van der Waals surface area contributed by atoms with E-state index in [1.165, 1.54) is 11.5 Å². The van der Waals surface area contributed by atoms with Crippen LogP contribution in [0.3, 0.4) is 0 Å². The van der Waals surface area contributed by atoms with E-state index in [9.17, 15) is 9.90 Å². The van der Waals surface area contributed by atoms with Gasteiger partial charge in [-0.15, -0.1) is 0 Å². The van der Waals surface area contributed by atoms with E-state index in [-0.39, 0.29) is 5.91 Å². The number of aliphatic hydroxyl groups is 1. The minimum atomic E-state index is -0.766. The second kappa shape index (κ2) is 6.50. The summed E-state index contributed by atoms with van der Waals surface area (Å²) in [4.78, 5) is 11.6. The average Bonchev–Trinajstić information content (AvgIpc) is 2.28. The molecule has 1 unspecified atom stereocenters. The van der Waals surface area contributed by atoms with Gasteiger partial charge in [-0.25, -0.2) is 0 Å². The zero-order valence-electron chi connectivity index (χ0n) is 10.3. The molecule has 1 saturated heterocycles. The van der Waals surface area contributed by atoms with Crippen LogP contribution < -0.4 is 5.32 Å². The molecule has 1 amide bonds. The molecule has 4 heteroatoms. The molecule has 16 heavy (non-hydrogen) atoms. The minimum absolute atomic E-state index is 0.0885. The van der Waals surface area contributed by atoms with Crippen LogP contribution in [0, 0.1) is 5.92 Å². The van der Waals surface area contributed by atoms with Gasteiger partial charge in [0.1, 0.15) is 0 Å². The van der Waals surface area contributed by atoms with E-state index < -0.39 is 5.60 Å². The largest absolute Gasteiger partial charge is 0.388 e. The third-order valence-corrected chi connectivity index (χ3v) is 4.29. The summed E-state index contributed by atoms with van der Waals surface area (Å²) in [6, 6.07) is 0. The Hall–Kier alpha value is -0.220. The van der Waals surface area contributed by atoms with Crippen LogP contribution in [0.2, 0.25) is 0 Å². The molecule has 0 radical (unpaired) electrons. The quantitative estimate of drug-likeness (QED) is 0.776. The third-order valence-electron chi connectivity index (χ3n) is 3.24. The average molecular weight is 245 g/mol. The molecule has 0 aromatic rings. The lowest BCUT2D eigenvalue weighted by Gasteiger charge is -2.24. The zero-order chi connectivity index (χ0) is 12.0. The molecule has 1 rings (SSSR count). The van der Waals surface area contributed by atoms with Gasteiger partial charge >= 0.3 is 0 Å². The van der Waals surface area contributed by atoms with Gasteiger partial charge in [-0.3, -0.25) is 4.79 Å². The van der Waals surface area contributed by atoms with Crippen molar-refractivity contribution < 1.29 is 9.90 Å². The van der Waals surface area contributed by atoms with Gasteiger partial charge in [0.05, 0.1) is 5.60 Å². The van der Waals surface area contributed by atoms with Crippen molar-refractivity contribution in [3.05, 3.63) is 0 Å². The highest BCUT2D eigenvalue weighted by atomic mass is 32.2. The Bertz CT molecular complexity index is 225. The highest BCUT2D eigenvalue weighted by molar-refractivity contribution is 7.99. The predicted octanol–water partition coefficient (Wildman–Crippen LogP) is 1.80. The molecule has 0 bridgehead atoms. The van der Waals surface area contributed by atoms with Crippen LogP contribution in [0.1, 0.15) is 39.5 Å². The van der Waals surface area contributed by atoms with E-state index in [2.05, 4.69) is 5.32 Å². The van der Waals surface area contributed by atoms with Gasteiger partial charge < -0.3 is 10.4 Å². The van der Waals surface area contributed by atoms with Crippen LogP contribution in [-0.4, -0.2) is 34.7 Å². The molecule has 0 aromatic carbocycles. The molecule has 94 valence electrons. The predicted molar refractivity (Wildman–Crippen MR) is 68.6 cm³/mol. The molecule has 2 N–H and O–H groups in total. The number of carbonyl (C=O) groups excluding carboxylic acids is 1. The van der Waals surface area contributed by atoms with Crippen molar-refractivity contribution >= 4 is 17.7 Å². The molecule has 0 saturated carbocycles. The van der Waals surface area contributed by atoms with Crippen molar-refractivity contribution in [2.45, 2.75) is 45.1 Å². The summed E-state index contributed by atoms with van der Waals surface area (Å²) in [5.41, 5.74) is -0.766. The second-order valence-corrected chi connectivity index (χ2v) is 6.11. The van der Waals surface area contributed by atoms with E-state index in [1.807, 2.05) is 18.7 Å². The van der Waals surface area contributed by atoms with Crippen molar-refractivity contribution in [2.75, 3.05) is 18.1 Å². The standard InChI is InChI=1S/C12H23NO2S/c1-3-12(2,15)9-13-11(14)8-10-4-6-16-7-5-10/h10,15H,3-9H2,1-2H3,(H,13,14). The van der Waals surface area contributed by atoms with Crippen LogP contribution in [0.5, 0.6) is 0 Å². The number of hydrogen-bond donors (Lipinski definition) is 2. The molecule has 0 aliphatic carbocycles. The van der Waals surface area contributed by atoms with Crippen LogP contribution in [0.15, 0.2) is 0 Å². The first kappa shape index (κ1) is 13.8. The van der Waals surface area contributed by atoms with Gasteiger partial charge in [-0.05, 0) is 43.6 Å². The van der Waals surface area contributed by atoms with Crippen molar-refractivity contribution in [1.29, 1.82) is 0 Å². The van der Waals surface area contributed by atoms with Crippen molar-refractivity contribution in [1.82, 2.24) is 5.32 Å². The number of thioether (sulfide) groups is 1. The zero-order valence-corrected chi connectivity index (χ0v) is 11.1. The fraction of sp³-hybridized carbons (Fsp3) is 0.917. The van der Waals surface area contributed by atoms with Gasteiger partial charge in [0, 0.05) is 13.0 Å². The van der Waals surface area contributed by atoms with Gasteiger partial charge in [0.25, 0.3) is 0 Å². The molecule has 1 aliphatic heterocycles. The maximum absolute atomic E-state index is 11.6. The summed E-state index contributed by atoms with van der Waals surface area (Å²) in [7, 11) is 0. The Kier molecular flexibility index (Phi) is 5.62. The molecule has 1 fully saturated rings. The van der Waals surface area contributed by atoms with Gasteiger partial charge in [-0.1, -0.05) is 6.92 Å². The highest BCUT2D eigenvalue weighted by Crippen LogP contribution is 2.25. The monoisotopic (exact) mass is 245 g/mol.